The number of β-amino-alcohol motifs (C(OH)–C–C–N with tert-alkyl or cyclic N) is 1. The Balaban J connectivity index is 1.54. The number of aryl methyl sites for hydroxylation is 1. The Morgan fingerprint density at radius 2 is 1.52 bits per heavy atom. The van der Waals surface area contributed by atoms with Crippen molar-refractivity contribution >= 4 is 23.2 Å². The molecule has 3 unspecified atom stereocenters. The SMILES string of the molecule is Cc1ncsc1-c1ccc([C@H](C)NC(=O)[C@@H]2C[C@@H](O)CN2C(=O)C(C(C)(C)C)C2(C)CCCCCCCC(C)(C(C)(C)C)CCC2)cc1. The van der Waals surface area contributed by atoms with Crippen LogP contribution < -0.4 is 5.32 Å². The molecule has 1 aromatic carbocycles. The van der Waals surface area contributed by atoms with Crippen LogP contribution in [-0.4, -0.2) is 45.5 Å². The van der Waals surface area contributed by atoms with Gasteiger partial charge in [0.15, 0.2) is 0 Å². The van der Waals surface area contributed by atoms with Crippen LogP contribution in [0.2, 0.25) is 0 Å². The lowest BCUT2D eigenvalue weighted by Crippen LogP contribution is -2.54. The molecule has 1 saturated heterocycles. The van der Waals surface area contributed by atoms with Crippen LogP contribution in [0.1, 0.15) is 150 Å². The first kappa shape index (κ1) is 38.6. The number of rotatable bonds is 6. The van der Waals surface area contributed by atoms with E-state index in [1.165, 1.54) is 32.1 Å². The zero-order chi connectivity index (χ0) is 35.5. The first-order valence-corrected chi connectivity index (χ1v) is 19.5. The van der Waals surface area contributed by atoms with E-state index in [2.05, 4.69) is 90.0 Å². The molecule has 1 aliphatic carbocycles. The maximum atomic E-state index is 14.9. The summed E-state index contributed by atoms with van der Waals surface area (Å²) in [6, 6.07) is 7.35. The molecule has 0 spiro atoms. The average molecular weight is 680 g/mol. The number of hydrogen-bond acceptors (Lipinski definition) is 5. The minimum atomic E-state index is -0.709. The van der Waals surface area contributed by atoms with Gasteiger partial charge in [-0.15, -0.1) is 11.3 Å². The highest BCUT2D eigenvalue weighted by molar-refractivity contribution is 7.13. The number of aliphatic hydroxyl groups excluding tert-OH is 1. The molecule has 1 saturated carbocycles. The molecule has 2 fully saturated rings. The van der Waals surface area contributed by atoms with Gasteiger partial charge in [-0.1, -0.05) is 118 Å². The van der Waals surface area contributed by atoms with Crippen LogP contribution in [0.3, 0.4) is 0 Å². The summed E-state index contributed by atoms with van der Waals surface area (Å²) in [7, 11) is 0. The van der Waals surface area contributed by atoms with Crippen LogP contribution in [0.25, 0.3) is 10.4 Å². The summed E-state index contributed by atoms with van der Waals surface area (Å²) in [4.78, 5) is 36.1. The third-order valence-corrected chi connectivity index (χ3v) is 13.2. The summed E-state index contributed by atoms with van der Waals surface area (Å²) in [5.74, 6) is -0.411. The van der Waals surface area contributed by atoms with Gasteiger partial charge in [-0.05, 0) is 72.3 Å². The summed E-state index contributed by atoms with van der Waals surface area (Å²) < 4.78 is 0. The summed E-state index contributed by atoms with van der Waals surface area (Å²) in [5.41, 5.74) is 4.97. The Bertz CT molecular complexity index is 1370. The standard InChI is InChI=1S/C41H65N3O3S/c1-28(30-17-19-31(20-18-30)34-29(2)42-27-48-34)43-36(46)33-25-32(45)26-44(33)37(47)35(38(3,4)5)40(9)21-14-12-11-13-15-23-41(10,24-16-22-40)39(6,7)8/h17-20,27-28,32-33,35,45H,11-16,21-26H2,1-10H3,(H,43,46)/t28-,32+,33-,35?,40?,41?/m0/s1. The molecule has 2 heterocycles. The monoisotopic (exact) mass is 679 g/mol. The van der Waals surface area contributed by atoms with Crippen molar-refractivity contribution in [2.45, 2.75) is 158 Å². The summed E-state index contributed by atoms with van der Waals surface area (Å²) >= 11 is 1.63. The molecule has 4 rings (SSSR count). The number of carbonyl (C=O) groups is 2. The van der Waals surface area contributed by atoms with Crippen LogP contribution in [0.4, 0.5) is 0 Å². The van der Waals surface area contributed by atoms with Gasteiger partial charge in [-0.3, -0.25) is 9.59 Å². The van der Waals surface area contributed by atoms with E-state index in [-0.39, 0.29) is 58.4 Å². The van der Waals surface area contributed by atoms with Crippen molar-refractivity contribution in [2.24, 2.45) is 27.6 Å². The van der Waals surface area contributed by atoms with Crippen molar-refractivity contribution in [3.05, 3.63) is 41.0 Å². The number of likely N-dealkylation sites (tertiary alicyclic amines) is 1. The van der Waals surface area contributed by atoms with Crippen LogP contribution in [-0.2, 0) is 9.59 Å². The van der Waals surface area contributed by atoms with Gasteiger partial charge in [0.25, 0.3) is 0 Å². The number of nitrogens with zero attached hydrogens (tertiary/aromatic N) is 2. The number of aromatic nitrogens is 1. The molecule has 2 aromatic rings. The number of hydrogen-bond donors (Lipinski definition) is 2. The second kappa shape index (κ2) is 15.3. The third kappa shape index (κ3) is 8.91. The molecule has 2 amide bonds. The van der Waals surface area contributed by atoms with Crippen LogP contribution in [0.5, 0.6) is 0 Å². The molecule has 7 heteroatoms. The van der Waals surface area contributed by atoms with Gasteiger partial charge in [-0.2, -0.15) is 0 Å². The van der Waals surface area contributed by atoms with Crippen molar-refractivity contribution < 1.29 is 14.7 Å². The van der Waals surface area contributed by atoms with Crippen LogP contribution in [0, 0.1) is 34.5 Å². The highest BCUT2D eigenvalue weighted by atomic mass is 32.1. The van der Waals surface area contributed by atoms with E-state index in [4.69, 9.17) is 0 Å². The summed E-state index contributed by atoms with van der Waals surface area (Å²) in [5, 5.41) is 14.1. The van der Waals surface area contributed by atoms with Crippen LogP contribution in [0.15, 0.2) is 29.8 Å². The van der Waals surface area contributed by atoms with Gasteiger partial charge in [0.05, 0.1) is 28.2 Å². The smallest absolute Gasteiger partial charge is 0.243 e. The van der Waals surface area contributed by atoms with E-state index in [1.807, 2.05) is 19.4 Å². The Hall–Kier alpha value is -2.25. The van der Waals surface area contributed by atoms with Gasteiger partial charge in [-0.25, -0.2) is 4.98 Å². The molecule has 2 aliphatic rings. The van der Waals surface area contributed by atoms with E-state index >= 15 is 0 Å². The van der Waals surface area contributed by atoms with E-state index in [1.54, 1.807) is 16.2 Å². The molecule has 268 valence electrons. The second-order valence-electron chi connectivity index (χ2n) is 17.9. The zero-order valence-electron chi connectivity index (χ0n) is 31.7. The van der Waals surface area contributed by atoms with Gasteiger partial charge in [0, 0.05) is 18.9 Å². The number of benzene rings is 1. The van der Waals surface area contributed by atoms with Gasteiger partial charge < -0.3 is 15.3 Å². The number of carbonyl (C=O) groups excluding carboxylic acids is 2. The minimum absolute atomic E-state index is 0.0318. The zero-order valence-corrected chi connectivity index (χ0v) is 32.6. The van der Waals surface area contributed by atoms with Crippen molar-refractivity contribution in [2.75, 3.05) is 6.54 Å². The molecule has 0 radical (unpaired) electrons. The van der Waals surface area contributed by atoms with Crippen LogP contribution >= 0.6 is 11.3 Å². The highest BCUT2D eigenvalue weighted by Gasteiger charge is 2.51. The second-order valence-corrected chi connectivity index (χ2v) is 18.8. The van der Waals surface area contributed by atoms with Gasteiger partial charge in [0.1, 0.15) is 6.04 Å². The molecule has 6 atom stereocenters. The normalized spacial score (nSPS) is 27.9. The average Bonchev–Trinajstić information content (AvgIpc) is 3.60. The van der Waals surface area contributed by atoms with Gasteiger partial charge >= 0.3 is 0 Å². The fourth-order valence-electron chi connectivity index (χ4n) is 8.83. The predicted octanol–water partition coefficient (Wildman–Crippen LogP) is 9.89. The fourth-order valence-corrected chi connectivity index (χ4v) is 9.64. The topological polar surface area (TPSA) is 82.5 Å². The predicted molar refractivity (Wildman–Crippen MR) is 200 cm³/mol. The third-order valence-electron chi connectivity index (χ3n) is 12.2. The first-order valence-electron chi connectivity index (χ1n) is 18.7. The number of aliphatic hydroxyl groups is 1. The minimum Gasteiger partial charge on any atom is -0.391 e. The van der Waals surface area contributed by atoms with Crippen molar-refractivity contribution in [1.29, 1.82) is 0 Å². The maximum absolute atomic E-state index is 14.9. The quantitative estimate of drug-likeness (QED) is 0.318. The summed E-state index contributed by atoms with van der Waals surface area (Å²) in [6.07, 6.45) is 11.2. The Labute approximate surface area is 295 Å². The molecule has 2 N–H and O–H groups in total. The lowest BCUT2D eigenvalue weighted by Gasteiger charge is -2.48. The lowest BCUT2D eigenvalue weighted by molar-refractivity contribution is -0.151. The number of amides is 2. The number of thiazole rings is 1. The molecule has 6 nitrogen and oxygen atoms in total. The van der Waals surface area contributed by atoms with Crippen molar-refractivity contribution in [1.82, 2.24) is 15.2 Å². The van der Waals surface area contributed by atoms with E-state index < -0.39 is 12.1 Å². The van der Waals surface area contributed by atoms with Crippen molar-refractivity contribution in [3.63, 3.8) is 0 Å². The van der Waals surface area contributed by atoms with E-state index in [0.29, 0.717) is 0 Å². The molecule has 0 bridgehead atoms. The largest absolute Gasteiger partial charge is 0.391 e. The molecule has 48 heavy (non-hydrogen) atoms. The summed E-state index contributed by atoms with van der Waals surface area (Å²) in [6.45, 7) is 22.8. The van der Waals surface area contributed by atoms with Gasteiger partial charge in [0.2, 0.25) is 11.8 Å². The van der Waals surface area contributed by atoms with E-state index in [9.17, 15) is 14.7 Å². The molecule has 1 aromatic heterocycles. The molecule has 1 aliphatic heterocycles. The molecular formula is C41H65N3O3S. The van der Waals surface area contributed by atoms with E-state index in [0.717, 1.165) is 53.8 Å². The Morgan fingerprint density at radius 3 is 2.10 bits per heavy atom. The highest BCUT2D eigenvalue weighted by Crippen LogP contribution is 2.52. The Morgan fingerprint density at radius 1 is 0.938 bits per heavy atom. The molecular weight excluding hydrogens is 615 g/mol. The number of nitrogens with one attached hydrogen (secondary N) is 1. The Kier molecular flexibility index (Phi) is 12.3. The first-order chi connectivity index (χ1) is 22.4. The van der Waals surface area contributed by atoms with Crippen molar-refractivity contribution in [3.8, 4) is 10.4 Å². The fraction of sp³-hybridized carbons (Fsp3) is 0.732. The maximum Gasteiger partial charge on any atom is 0.243 e. The lowest BCUT2D eigenvalue weighted by atomic mass is 9.58.